The molecule has 0 aromatic rings. The quantitative estimate of drug-likeness (QED) is 0.428. The molecule has 0 saturated heterocycles. The van der Waals surface area contributed by atoms with Gasteiger partial charge < -0.3 is 4.90 Å². The first-order valence-corrected chi connectivity index (χ1v) is 2.23. The van der Waals surface area contributed by atoms with E-state index in [2.05, 4.69) is 11.6 Å². The van der Waals surface area contributed by atoms with E-state index in [9.17, 15) is 0 Å². The van der Waals surface area contributed by atoms with Crippen molar-refractivity contribution in [1.82, 2.24) is 4.90 Å². The first-order valence-electron chi connectivity index (χ1n) is 2.23. The minimum atomic E-state index is 0.861. The summed E-state index contributed by atoms with van der Waals surface area (Å²) in [6.45, 7) is 4.58. The monoisotopic (exact) mass is 96.1 g/mol. The van der Waals surface area contributed by atoms with Crippen LogP contribution in [0.1, 0.15) is 0 Å². The van der Waals surface area contributed by atoms with Crippen molar-refractivity contribution < 1.29 is 0 Å². The molecule has 0 saturated carbocycles. The second-order valence-corrected chi connectivity index (χ2v) is 1.61. The highest BCUT2D eigenvalue weighted by Gasteiger charge is 2.01. The molecule has 0 atom stereocenters. The Balaban J connectivity index is 2.62. The third-order valence-electron chi connectivity index (χ3n) is 1.04. The molecule has 0 unspecified atom stereocenters. The summed E-state index contributed by atoms with van der Waals surface area (Å²) in [5.74, 6) is 0.861. The van der Waals surface area contributed by atoms with Gasteiger partial charge in [0.15, 0.2) is 0 Å². The lowest BCUT2D eigenvalue weighted by Crippen LogP contribution is -2.10. The van der Waals surface area contributed by atoms with Crippen LogP contribution in [0.25, 0.3) is 0 Å². The molecule has 0 amide bonds. The summed E-state index contributed by atoms with van der Waals surface area (Å²) in [5.41, 5.74) is 0. The summed E-state index contributed by atoms with van der Waals surface area (Å²) >= 11 is 0. The highest BCUT2D eigenvalue weighted by Crippen LogP contribution is 2.02. The van der Waals surface area contributed by atoms with E-state index in [4.69, 9.17) is 0 Å². The molecule has 0 aromatic carbocycles. The average molecular weight is 96.1 g/mol. The first-order chi connectivity index (χ1) is 3.30. The maximum Gasteiger partial charge on any atom is 0.120 e. The molecule has 0 spiro atoms. The Morgan fingerprint density at radius 3 is 2.86 bits per heavy atom. The molecule has 0 radical (unpaired) electrons. The van der Waals surface area contributed by atoms with Crippen LogP contribution in [0.2, 0.25) is 0 Å². The Bertz CT molecular complexity index is 115. The van der Waals surface area contributed by atoms with Crippen molar-refractivity contribution in [2.24, 2.45) is 4.99 Å². The third kappa shape index (κ3) is 0.633. The highest BCUT2D eigenvalue weighted by molar-refractivity contribution is 5.64. The molecule has 0 bridgehead atoms. The van der Waals surface area contributed by atoms with Crippen LogP contribution in [0.5, 0.6) is 0 Å². The molecule has 1 aliphatic rings. The van der Waals surface area contributed by atoms with Crippen LogP contribution >= 0.6 is 0 Å². The minimum absolute atomic E-state index is 0.861. The van der Waals surface area contributed by atoms with Gasteiger partial charge in [-0.05, 0) is 0 Å². The molecule has 1 aliphatic heterocycles. The molecule has 0 N–H and O–H groups in total. The normalized spacial score (nSPS) is 19.0. The summed E-state index contributed by atoms with van der Waals surface area (Å²) in [6.07, 6.45) is 1.85. The molecule has 7 heavy (non-hydrogen) atoms. The third-order valence-corrected chi connectivity index (χ3v) is 1.04. The highest BCUT2D eigenvalue weighted by atomic mass is 15.2. The zero-order valence-electron chi connectivity index (χ0n) is 4.39. The molecule has 0 aromatic heterocycles. The predicted octanol–water partition coefficient (Wildman–Crippen LogP) is 0.474. The van der Waals surface area contributed by atoms with Crippen molar-refractivity contribution >= 4 is 6.21 Å². The van der Waals surface area contributed by atoms with Gasteiger partial charge in [-0.15, -0.1) is 0 Å². The Hall–Kier alpha value is -0.790. The van der Waals surface area contributed by atoms with Gasteiger partial charge in [0.1, 0.15) is 5.82 Å². The maximum atomic E-state index is 3.92. The van der Waals surface area contributed by atoms with Gasteiger partial charge in [-0.25, -0.2) is 4.99 Å². The van der Waals surface area contributed by atoms with Gasteiger partial charge in [-0.1, -0.05) is 6.58 Å². The lowest BCUT2D eigenvalue weighted by atomic mass is 10.7. The van der Waals surface area contributed by atoms with E-state index in [0.29, 0.717) is 0 Å². The Kier molecular flexibility index (Phi) is 0.855. The van der Waals surface area contributed by atoms with Crippen molar-refractivity contribution in [3.8, 4) is 0 Å². The molecule has 2 nitrogen and oxygen atoms in total. The number of nitrogens with zero attached hydrogens (tertiary/aromatic N) is 2. The standard InChI is InChI=1S/C5H8N2/c1-5-6-3-4-7(5)2/h3H,1,4H2,2H3. The van der Waals surface area contributed by atoms with Gasteiger partial charge in [0.05, 0.1) is 6.54 Å². The maximum absolute atomic E-state index is 3.92. The Morgan fingerprint density at radius 1 is 2.00 bits per heavy atom. The van der Waals surface area contributed by atoms with Crippen molar-refractivity contribution in [1.29, 1.82) is 0 Å². The zero-order valence-corrected chi connectivity index (χ0v) is 4.39. The van der Waals surface area contributed by atoms with Crippen molar-refractivity contribution in [3.05, 3.63) is 12.4 Å². The fourth-order valence-corrected chi connectivity index (χ4v) is 0.473. The van der Waals surface area contributed by atoms with Crippen molar-refractivity contribution in [2.75, 3.05) is 13.6 Å². The minimum Gasteiger partial charge on any atom is -0.355 e. The fourth-order valence-electron chi connectivity index (χ4n) is 0.473. The lowest BCUT2D eigenvalue weighted by Gasteiger charge is -2.06. The molecule has 2 heteroatoms. The van der Waals surface area contributed by atoms with Gasteiger partial charge in [0.2, 0.25) is 0 Å². The second-order valence-electron chi connectivity index (χ2n) is 1.61. The summed E-state index contributed by atoms with van der Waals surface area (Å²) in [5, 5.41) is 0. The van der Waals surface area contributed by atoms with Crippen molar-refractivity contribution in [3.63, 3.8) is 0 Å². The number of aliphatic imine (C=N–C) groups is 1. The predicted molar refractivity (Wildman–Crippen MR) is 30.3 cm³/mol. The van der Waals surface area contributed by atoms with Crippen LogP contribution in [0.15, 0.2) is 17.4 Å². The summed E-state index contributed by atoms with van der Waals surface area (Å²) in [4.78, 5) is 5.91. The lowest BCUT2D eigenvalue weighted by molar-refractivity contribution is 0.501. The Morgan fingerprint density at radius 2 is 2.71 bits per heavy atom. The van der Waals surface area contributed by atoms with Crippen LogP contribution in [-0.4, -0.2) is 24.7 Å². The molecule has 0 aliphatic carbocycles. The van der Waals surface area contributed by atoms with Crippen molar-refractivity contribution in [2.45, 2.75) is 0 Å². The summed E-state index contributed by atoms with van der Waals surface area (Å²) in [6, 6.07) is 0. The second kappa shape index (κ2) is 1.37. The smallest absolute Gasteiger partial charge is 0.120 e. The number of rotatable bonds is 0. The number of hydrogen-bond donors (Lipinski definition) is 0. The molecule has 1 heterocycles. The SMILES string of the molecule is C=C1N=CCN1C. The van der Waals surface area contributed by atoms with Gasteiger partial charge in [-0.3, -0.25) is 0 Å². The van der Waals surface area contributed by atoms with E-state index < -0.39 is 0 Å². The van der Waals surface area contributed by atoms with E-state index in [1.165, 1.54) is 0 Å². The molecular formula is C5H8N2. The topological polar surface area (TPSA) is 15.6 Å². The van der Waals surface area contributed by atoms with E-state index in [1.807, 2.05) is 18.2 Å². The van der Waals surface area contributed by atoms with E-state index in [1.54, 1.807) is 0 Å². The van der Waals surface area contributed by atoms with E-state index >= 15 is 0 Å². The van der Waals surface area contributed by atoms with Gasteiger partial charge in [0.25, 0.3) is 0 Å². The zero-order chi connectivity index (χ0) is 5.28. The van der Waals surface area contributed by atoms with E-state index in [0.717, 1.165) is 12.4 Å². The van der Waals surface area contributed by atoms with Crippen LogP contribution in [0.4, 0.5) is 0 Å². The van der Waals surface area contributed by atoms with Crippen LogP contribution in [-0.2, 0) is 0 Å². The summed E-state index contributed by atoms with van der Waals surface area (Å²) < 4.78 is 0. The average Bonchev–Trinajstić information content (AvgIpc) is 1.91. The van der Waals surface area contributed by atoms with Crippen LogP contribution in [0, 0.1) is 0 Å². The Labute approximate surface area is 43.2 Å². The first kappa shape index (κ1) is 4.37. The van der Waals surface area contributed by atoms with Gasteiger partial charge >= 0.3 is 0 Å². The fraction of sp³-hybridized carbons (Fsp3) is 0.400. The van der Waals surface area contributed by atoms with E-state index in [-0.39, 0.29) is 0 Å². The molecule has 38 valence electrons. The van der Waals surface area contributed by atoms with Gasteiger partial charge in [-0.2, -0.15) is 0 Å². The molecule has 1 rings (SSSR count). The molecule has 0 fully saturated rings. The van der Waals surface area contributed by atoms with Crippen LogP contribution < -0.4 is 0 Å². The van der Waals surface area contributed by atoms with Gasteiger partial charge in [0, 0.05) is 13.3 Å². The van der Waals surface area contributed by atoms with Crippen LogP contribution in [0.3, 0.4) is 0 Å². The molecular weight excluding hydrogens is 88.1 g/mol. The largest absolute Gasteiger partial charge is 0.355 e. The number of hydrogen-bond acceptors (Lipinski definition) is 2. The summed E-state index contributed by atoms with van der Waals surface area (Å²) in [7, 11) is 1.97.